The van der Waals surface area contributed by atoms with E-state index in [4.69, 9.17) is 12.2 Å². The van der Waals surface area contributed by atoms with Gasteiger partial charge in [0.1, 0.15) is 0 Å². The maximum Gasteiger partial charge on any atom is 0.270 e. The fourth-order valence-electron chi connectivity index (χ4n) is 2.01. The molecule has 2 nitrogen and oxygen atoms in total. The first-order valence-corrected chi connectivity index (χ1v) is 8.25. The Morgan fingerprint density at radius 1 is 1.10 bits per heavy atom. The lowest BCUT2D eigenvalue weighted by molar-refractivity contribution is -0.113. The van der Waals surface area contributed by atoms with Gasteiger partial charge in [0.25, 0.3) is 5.91 Å². The predicted molar refractivity (Wildman–Crippen MR) is 96.2 cm³/mol. The number of halogens is 1. The summed E-state index contributed by atoms with van der Waals surface area (Å²) >= 11 is 10.1. The van der Waals surface area contributed by atoms with Crippen LogP contribution in [0.2, 0.25) is 0 Å². The molecule has 3 rings (SSSR count). The van der Waals surface area contributed by atoms with E-state index in [1.54, 1.807) is 4.90 Å². The molecule has 1 aliphatic rings. The number of carbonyl (C=O) groups is 1. The highest BCUT2D eigenvalue weighted by molar-refractivity contribution is 9.10. The minimum atomic E-state index is -0.0769. The van der Waals surface area contributed by atoms with Crippen molar-refractivity contribution in [3.05, 3.63) is 69.5 Å². The highest BCUT2D eigenvalue weighted by atomic mass is 79.9. The average molecular weight is 376 g/mol. The van der Waals surface area contributed by atoms with Gasteiger partial charge in [-0.15, -0.1) is 0 Å². The van der Waals surface area contributed by atoms with Crippen LogP contribution in [0.25, 0.3) is 6.08 Å². The molecular formula is C16H10BrNOS2. The smallest absolute Gasteiger partial charge is 0.268 e. The Balaban J connectivity index is 1.94. The molecule has 0 unspecified atom stereocenters. The monoisotopic (exact) mass is 375 g/mol. The summed E-state index contributed by atoms with van der Waals surface area (Å²) < 4.78 is 1.47. The Bertz CT molecular complexity index is 743. The van der Waals surface area contributed by atoms with E-state index < -0.39 is 0 Å². The van der Waals surface area contributed by atoms with Gasteiger partial charge in [-0.05, 0) is 29.8 Å². The normalized spacial score (nSPS) is 16.8. The molecule has 21 heavy (non-hydrogen) atoms. The lowest BCUT2D eigenvalue weighted by atomic mass is 10.2. The molecule has 1 heterocycles. The summed E-state index contributed by atoms with van der Waals surface area (Å²) in [6.07, 6.45) is 1.87. The van der Waals surface area contributed by atoms with Crippen molar-refractivity contribution in [1.29, 1.82) is 0 Å². The zero-order valence-electron chi connectivity index (χ0n) is 10.8. The van der Waals surface area contributed by atoms with Crippen LogP contribution in [0.1, 0.15) is 5.56 Å². The van der Waals surface area contributed by atoms with Gasteiger partial charge in [0.2, 0.25) is 0 Å². The molecule has 1 aliphatic heterocycles. The summed E-state index contributed by atoms with van der Waals surface area (Å²) in [6.45, 7) is 0. The molecule has 0 radical (unpaired) electrons. The van der Waals surface area contributed by atoms with E-state index in [1.165, 1.54) is 11.8 Å². The second-order valence-corrected chi connectivity index (χ2v) is 7.00. The van der Waals surface area contributed by atoms with Gasteiger partial charge in [0.15, 0.2) is 4.32 Å². The molecule has 5 heteroatoms. The fourth-order valence-corrected chi connectivity index (χ4v) is 3.69. The van der Waals surface area contributed by atoms with Gasteiger partial charge in [0.05, 0.1) is 10.6 Å². The Morgan fingerprint density at radius 3 is 2.57 bits per heavy atom. The number of amides is 1. The van der Waals surface area contributed by atoms with E-state index in [1.807, 2.05) is 60.7 Å². The number of hydrogen-bond donors (Lipinski definition) is 0. The third-order valence-electron chi connectivity index (χ3n) is 2.96. The van der Waals surface area contributed by atoms with Crippen LogP contribution in [-0.4, -0.2) is 10.2 Å². The molecule has 0 saturated carbocycles. The largest absolute Gasteiger partial charge is 0.270 e. The van der Waals surface area contributed by atoms with Crippen LogP contribution < -0.4 is 4.90 Å². The van der Waals surface area contributed by atoms with Crippen molar-refractivity contribution in [2.45, 2.75) is 0 Å². The van der Waals surface area contributed by atoms with E-state index in [0.29, 0.717) is 9.23 Å². The topological polar surface area (TPSA) is 20.3 Å². The van der Waals surface area contributed by atoms with Crippen LogP contribution in [-0.2, 0) is 4.79 Å². The number of thioether (sulfide) groups is 1. The summed E-state index contributed by atoms with van der Waals surface area (Å²) in [6, 6.07) is 17.3. The second-order valence-electron chi connectivity index (χ2n) is 4.41. The molecule has 1 fully saturated rings. The van der Waals surface area contributed by atoms with Gasteiger partial charge in [-0.25, -0.2) is 0 Å². The third-order valence-corrected chi connectivity index (χ3v) is 4.75. The molecule has 2 aromatic rings. The van der Waals surface area contributed by atoms with Crippen LogP contribution >= 0.6 is 39.9 Å². The molecule has 2 aromatic carbocycles. The van der Waals surface area contributed by atoms with Crippen LogP contribution in [0.5, 0.6) is 0 Å². The second kappa shape index (κ2) is 6.13. The number of rotatable bonds is 2. The predicted octanol–water partition coefficient (Wildman–Crippen LogP) is 4.85. The van der Waals surface area contributed by atoms with Crippen LogP contribution in [0.3, 0.4) is 0 Å². The summed E-state index contributed by atoms with van der Waals surface area (Å²) in [5, 5.41) is 0. The van der Waals surface area contributed by atoms with Gasteiger partial charge in [0, 0.05) is 4.47 Å². The highest BCUT2D eigenvalue weighted by Crippen LogP contribution is 2.36. The van der Waals surface area contributed by atoms with Crippen molar-refractivity contribution in [2.24, 2.45) is 0 Å². The van der Waals surface area contributed by atoms with E-state index in [0.717, 1.165) is 15.7 Å². The Labute approximate surface area is 141 Å². The van der Waals surface area contributed by atoms with Crippen molar-refractivity contribution >= 4 is 61.9 Å². The van der Waals surface area contributed by atoms with Crippen molar-refractivity contribution in [3.8, 4) is 0 Å². The SMILES string of the molecule is O=C1/C(=C\c2ccccc2)SC(=S)N1c1cccc(Br)c1. The number of carbonyl (C=O) groups excluding carboxylic acids is 1. The molecule has 0 spiro atoms. The number of anilines is 1. The molecular weight excluding hydrogens is 366 g/mol. The van der Waals surface area contributed by atoms with Gasteiger partial charge < -0.3 is 0 Å². The van der Waals surface area contributed by atoms with Crippen LogP contribution in [0.15, 0.2) is 64.0 Å². The molecule has 0 atom stereocenters. The molecule has 0 N–H and O–H groups in total. The fraction of sp³-hybridized carbons (Fsp3) is 0. The number of hydrogen-bond acceptors (Lipinski definition) is 3. The van der Waals surface area contributed by atoms with Crippen molar-refractivity contribution in [1.82, 2.24) is 0 Å². The average Bonchev–Trinajstić information content (AvgIpc) is 2.74. The zero-order chi connectivity index (χ0) is 14.8. The van der Waals surface area contributed by atoms with E-state index in [2.05, 4.69) is 15.9 Å². The van der Waals surface area contributed by atoms with Crippen molar-refractivity contribution in [2.75, 3.05) is 4.90 Å². The molecule has 1 saturated heterocycles. The minimum absolute atomic E-state index is 0.0769. The van der Waals surface area contributed by atoms with E-state index in [-0.39, 0.29) is 5.91 Å². The molecule has 0 bridgehead atoms. The van der Waals surface area contributed by atoms with E-state index >= 15 is 0 Å². The Kier molecular flexibility index (Phi) is 4.24. The summed E-state index contributed by atoms with van der Waals surface area (Å²) in [5.74, 6) is -0.0769. The summed E-state index contributed by atoms with van der Waals surface area (Å²) in [7, 11) is 0. The molecule has 0 aliphatic carbocycles. The number of thiocarbonyl (C=S) groups is 1. The lowest BCUT2D eigenvalue weighted by Gasteiger charge is -2.14. The quantitative estimate of drug-likeness (QED) is 0.552. The third kappa shape index (κ3) is 3.10. The van der Waals surface area contributed by atoms with Gasteiger partial charge in [-0.3, -0.25) is 9.69 Å². The minimum Gasteiger partial charge on any atom is -0.268 e. The number of nitrogens with zero attached hydrogens (tertiary/aromatic N) is 1. The first kappa shape index (κ1) is 14.5. The lowest BCUT2D eigenvalue weighted by Crippen LogP contribution is -2.27. The van der Waals surface area contributed by atoms with Gasteiger partial charge in [-0.2, -0.15) is 0 Å². The maximum atomic E-state index is 12.6. The summed E-state index contributed by atoms with van der Waals surface area (Å²) in [5.41, 5.74) is 1.77. The van der Waals surface area contributed by atoms with Crippen molar-refractivity contribution < 1.29 is 4.79 Å². The van der Waals surface area contributed by atoms with E-state index in [9.17, 15) is 4.79 Å². The number of benzene rings is 2. The maximum absolute atomic E-state index is 12.6. The highest BCUT2D eigenvalue weighted by Gasteiger charge is 2.33. The van der Waals surface area contributed by atoms with Gasteiger partial charge in [-0.1, -0.05) is 76.3 Å². The van der Waals surface area contributed by atoms with Crippen LogP contribution in [0.4, 0.5) is 5.69 Å². The van der Waals surface area contributed by atoms with Gasteiger partial charge >= 0.3 is 0 Å². The first-order chi connectivity index (χ1) is 10.1. The standard InChI is InChI=1S/C16H10BrNOS2/c17-12-7-4-8-13(10-12)18-15(19)14(21-16(18)20)9-11-5-2-1-3-6-11/h1-10H/b14-9+. The zero-order valence-corrected chi connectivity index (χ0v) is 14.0. The first-order valence-electron chi connectivity index (χ1n) is 6.24. The molecule has 1 amide bonds. The molecule has 0 aromatic heterocycles. The summed E-state index contributed by atoms with van der Waals surface area (Å²) in [4.78, 5) is 14.8. The Hall–Kier alpha value is -1.43. The Morgan fingerprint density at radius 2 is 1.86 bits per heavy atom. The van der Waals surface area contributed by atoms with Crippen molar-refractivity contribution in [3.63, 3.8) is 0 Å². The molecule has 104 valence electrons. The van der Waals surface area contributed by atoms with Crippen LogP contribution in [0, 0.1) is 0 Å².